The van der Waals surface area contributed by atoms with Gasteiger partial charge >= 0.3 is 0 Å². The molecule has 0 spiro atoms. The molecule has 21 heavy (non-hydrogen) atoms. The third-order valence-corrected chi connectivity index (χ3v) is 3.49. The first-order valence-corrected chi connectivity index (χ1v) is 7.01. The molecule has 1 N–H and O–H groups in total. The van der Waals surface area contributed by atoms with E-state index in [9.17, 15) is 0 Å². The van der Waals surface area contributed by atoms with E-state index in [0.717, 1.165) is 11.3 Å². The highest BCUT2D eigenvalue weighted by Crippen LogP contribution is 2.34. The molecule has 2 aromatic carbocycles. The van der Waals surface area contributed by atoms with E-state index in [4.69, 9.17) is 32.7 Å². The lowest BCUT2D eigenvalue weighted by molar-refractivity contribution is 0.1000. The molecule has 0 aliphatic heterocycles. The van der Waals surface area contributed by atoms with Gasteiger partial charge in [0.1, 0.15) is 0 Å². The van der Waals surface area contributed by atoms with Crippen molar-refractivity contribution in [2.75, 3.05) is 19.5 Å². The van der Waals surface area contributed by atoms with Crippen LogP contribution < -0.4 is 5.32 Å². The third-order valence-electron chi connectivity index (χ3n) is 2.86. The zero-order valence-electron chi connectivity index (χ0n) is 11.7. The van der Waals surface area contributed by atoms with E-state index < -0.39 is 0 Å². The van der Waals surface area contributed by atoms with Gasteiger partial charge in [0.05, 0.1) is 30.0 Å². The highest BCUT2D eigenvalue weighted by Gasteiger charge is 2.08. The van der Waals surface area contributed by atoms with Gasteiger partial charge in [-0.05, 0) is 18.2 Å². The van der Waals surface area contributed by atoms with Crippen LogP contribution in [0.3, 0.4) is 0 Å². The van der Waals surface area contributed by atoms with Gasteiger partial charge in [-0.15, -0.1) is 0 Å². The van der Waals surface area contributed by atoms with Gasteiger partial charge in [-0.25, -0.2) is 0 Å². The summed E-state index contributed by atoms with van der Waals surface area (Å²) in [6.07, 6.45) is 1.78. The second kappa shape index (κ2) is 7.25. The summed E-state index contributed by atoms with van der Waals surface area (Å²) in [5, 5.41) is 4.35. The molecule has 5 heteroatoms. The van der Waals surface area contributed by atoms with Crippen LogP contribution >= 0.6 is 23.2 Å². The average molecular weight is 324 g/mol. The van der Waals surface area contributed by atoms with E-state index in [1.165, 1.54) is 0 Å². The van der Waals surface area contributed by atoms with Crippen LogP contribution in [-0.4, -0.2) is 14.2 Å². The molecule has 0 saturated carbocycles. The predicted octanol–water partition coefficient (Wildman–Crippen LogP) is 5.33. The van der Waals surface area contributed by atoms with Crippen molar-refractivity contribution >= 4 is 40.7 Å². The van der Waals surface area contributed by atoms with Gasteiger partial charge in [0.25, 0.3) is 5.95 Å². The first-order chi connectivity index (χ1) is 10.2. The van der Waals surface area contributed by atoms with Crippen molar-refractivity contribution in [3.05, 3.63) is 64.0 Å². The lowest BCUT2D eigenvalue weighted by atomic mass is 10.1. The molecule has 0 aromatic heterocycles. The Kier molecular flexibility index (Phi) is 5.37. The summed E-state index contributed by atoms with van der Waals surface area (Å²) in [7, 11) is 3.10. The molecular formula is C16H15Cl2NO2. The molecule has 0 aliphatic carbocycles. The van der Waals surface area contributed by atoms with E-state index >= 15 is 0 Å². The van der Waals surface area contributed by atoms with Crippen molar-refractivity contribution in [2.45, 2.75) is 0 Å². The first kappa shape index (κ1) is 15.5. The lowest BCUT2D eigenvalue weighted by Crippen LogP contribution is -1.96. The fraction of sp³-hybridized carbons (Fsp3) is 0.125. The van der Waals surface area contributed by atoms with Gasteiger partial charge in [0, 0.05) is 17.3 Å². The van der Waals surface area contributed by atoms with Crippen molar-refractivity contribution < 1.29 is 9.47 Å². The number of anilines is 2. The van der Waals surface area contributed by atoms with Gasteiger partial charge in [0.2, 0.25) is 0 Å². The lowest BCUT2D eigenvalue weighted by Gasteiger charge is -2.13. The zero-order valence-corrected chi connectivity index (χ0v) is 13.2. The summed E-state index contributed by atoms with van der Waals surface area (Å²) < 4.78 is 10.2. The monoisotopic (exact) mass is 323 g/mol. The van der Waals surface area contributed by atoms with E-state index in [1.807, 2.05) is 24.3 Å². The van der Waals surface area contributed by atoms with Gasteiger partial charge < -0.3 is 14.8 Å². The fourth-order valence-electron chi connectivity index (χ4n) is 1.82. The smallest absolute Gasteiger partial charge is 0.279 e. The minimum Gasteiger partial charge on any atom is -0.469 e. The van der Waals surface area contributed by atoms with E-state index in [-0.39, 0.29) is 0 Å². The van der Waals surface area contributed by atoms with Crippen LogP contribution in [0.1, 0.15) is 5.56 Å². The molecule has 0 radical (unpaired) electrons. The predicted molar refractivity (Wildman–Crippen MR) is 88.2 cm³/mol. The SMILES string of the molecule is COC(=Cc1ccccc1Nc1c(Cl)cccc1Cl)OC. The van der Waals surface area contributed by atoms with Crippen molar-refractivity contribution in [3.8, 4) is 0 Å². The summed E-state index contributed by atoms with van der Waals surface area (Å²) in [5.74, 6) is 0.412. The molecule has 110 valence electrons. The number of rotatable bonds is 5. The van der Waals surface area contributed by atoms with Crippen LogP contribution in [0, 0.1) is 0 Å². The van der Waals surface area contributed by atoms with E-state index in [1.54, 1.807) is 38.5 Å². The fourth-order valence-corrected chi connectivity index (χ4v) is 2.31. The van der Waals surface area contributed by atoms with Crippen molar-refractivity contribution in [3.63, 3.8) is 0 Å². The largest absolute Gasteiger partial charge is 0.469 e. The van der Waals surface area contributed by atoms with E-state index in [0.29, 0.717) is 21.7 Å². The topological polar surface area (TPSA) is 30.5 Å². The maximum Gasteiger partial charge on any atom is 0.279 e. The Morgan fingerprint density at radius 2 is 1.57 bits per heavy atom. The summed E-state index contributed by atoms with van der Waals surface area (Å²) in [6, 6.07) is 13.1. The summed E-state index contributed by atoms with van der Waals surface area (Å²) in [4.78, 5) is 0. The molecule has 0 aliphatic rings. The molecule has 3 nitrogen and oxygen atoms in total. The number of para-hydroxylation sites is 2. The Morgan fingerprint density at radius 1 is 0.952 bits per heavy atom. The first-order valence-electron chi connectivity index (χ1n) is 6.25. The Bertz CT molecular complexity index is 630. The number of ether oxygens (including phenoxy) is 2. The summed E-state index contributed by atoms with van der Waals surface area (Å²) >= 11 is 12.4. The second-order valence-corrected chi connectivity index (χ2v) is 4.99. The Labute approximate surface area is 134 Å². The highest BCUT2D eigenvalue weighted by atomic mass is 35.5. The molecule has 0 unspecified atom stereocenters. The number of nitrogens with one attached hydrogen (secondary N) is 1. The molecule has 0 atom stereocenters. The normalized spacial score (nSPS) is 9.90. The number of halogens is 2. The molecule has 2 rings (SSSR count). The summed E-state index contributed by atoms with van der Waals surface area (Å²) in [5.41, 5.74) is 2.41. The number of methoxy groups -OCH3 is 2. The Morgan fingerprint density at radius 3 is 2.19 bits per heavy atom. The number of hydrogen-bond donors (Lipinski definition) is 1. The van der Waals surface area contributed by atoms with Crippen molar-refractivity contribution in [1.82, 2.24) is 0 Å². The molecule has 2 aromatic rings. The molecular weight excluding hydrogens is 309 g/mol. The van der Waals surface area contributed by atoms with Gasteiger partial charge in [0.15, 0.2) is 0 Å². The van der Waals surface area contributed by atoms with Crippen LogP contribution in [0.2, 0.25) is 10.0 Å². The number of hydrogen-bond acceptors (Lipinski definition) is 3. The summed E-state index contributed by atoms with van der Waals surface area (Å²) in [6.45, 7) is 0. The quantitative estimate of drug-likeness (QED) is 0.754. The second-order valence-electron chi connectivity index (χ2n) is 4.18. The zero-order chi connectivity index (χ0) is 15.2. The van der Waals surface area contributed by atoms with Gasteiger partial charge in [-0.3, -0.25) is 0 Å². The highest BCUT2D eigenvalue weighted by molar-refractivity contribution is 6.39. The van der Waals surface area contributed by atoms with Crippen LogP contribution in [0.15, 0.2) is 48.4 Å². The minimum absolute atomic E-state index is 0.412. The Hall–Kier alpha value is -1.84. The third kappa shape index (κ3) is 3.84. The van der Waals surface area contributed by atoms with Gasteiger partial charge in [-0.1, -0.05) is 47.5 Å². The van der Waals surface area contributed by atoms with E-state index in [2.05, 4.69) is 5.32 Å². The molecule has 0 saturated heterocycles. The van der Waals surface area contributed by atoms with Crippen LogP contribution in [-0.2, 0) is 9.47 Å². The molecule has 0 amide bonds. The van der Waals surface area contributed by atoms with Crippen LogP contribution in [0.4, 0.5) is 11.4 Å². The molecule has 0 fully saturated rings. The van der Waals surface area contributed by atoms with Crippen molar-refractivity contribution in [2.24, 2.45) is 0 Å². The molecule has 0 heterocycles. The van der Waals surface area contributed by atoms with Crippen LogP contribution in [0.25, 0.3) is 6.08 Å². The van der Waals surface area contributed by atoms with Crippen molar-refractivity contribution in [1.29, 1.82) is 0 Å². The maximum atomic E-state index is 6.18. The maximum absolute atomic E-state index is 6.18. The van der Waals surface area contributed by atoms with Gasteiger partial charge in [-0.2, -0.15) is 0 Å². The minimum atomic E-state index is 0.412. The average Bonchev–Trinajstić information content (AvgIpc) is 2.50. The standard InChI is InChI=1S/C16H15Cl2NO2/c1-20-15(21-2)10-11-6-3-4-9-14(11)19-16-12(17)7-5-8-13(16)18/h3-10,19H,1-2H3. The number of benzene rings is 2. The van der Waals surface area contributed by atoms with Crippen LogP contribution in [0.5, 0.6) is 0 Å². The Balaban J connectivity index is 2.39. The molecule has 0 bridgehead atoms.